The molecule has 0 aliphatic carbocycles. The molecule has 0 aliphatic rings. The van der Waals surface area contributed by atoms with Gasteiger partial charge in [0.15, 0.2) is 0 Å². The third-order valence-electron chi connectivity index (χ3n) is 6.88. The number of aliphatic carboxylic acids is 1. The van der Waals surface area contributed by atoms with Crippen molar-refractivity contribution in [2.24, 2.45) is 0 Å². The lowest BCUT2D eigenvalue weighted by atomic mass is 10.0. The molecule has 4 heteroatoms. The van der Waals surface area contributed by atoms with E-state index < -0.39 is 5.97 Å². The number of hydrogen-bond donors (Lipinski definition) is 1. The van der Waals surface area contributed by atoms with E-state index in [9.17, 15) is 9.59 Å². The molecule has 0 spiro atoms. The second-order valence-corrected chi connectivity index (χ2v) is 10.6. The van der Waals surface area contributed by atoms with Gasteiger partial charge in [0.05, 0.1) is 0 Å². The molecule has 0 aromatic carbocycles. The minimum absolute atomic E-state index is 0.0220. The van der Waals surface area contributed by atoms with Crippen LogP contribution in [0.2, 0.25) is 0 Å². The number of ether oxygens (including phenoxy) is 1. The lowest BCUT2D eigenvalue weighted by Gasteiger charge is -2.18. The van der Waals surface area contributed by atoms with Crippen molar-refractivity contribution >= 4 is 11.9 Å². The van der Waals surface area contributed by atoms with Crippen molar-refractivity contribution in [1.29, 1.82) is 0 Å². The van der Waals surface area contributed by atoms with E-state index in [0.29, 0.717) is 6.42 Å². The molecule has 0 fully saturated rings. The van der Waals surface area contributed by atoms with Crippen molar-refractivity contribution in [1.82, 2.24) is 0 Å². The summed E-state index contributed by atoms with van der Waals surface area (Å²) in [5.74, 6) is -0.728. The minimum Gasteiger partial charge on any atom is -0.481 e. The Balaban J connectivity index is 3.94. The van der Waals surface area contributed by atoms with E-state index in [0.717, 1.165) is 89.9 Å². The molecule has 0 bridgehead atoms. The highest BCUT2D eigenvalue weighted by Gasteiger charge is 2.14. The molecule has 220 valence electrons. The van der Waals surface area contributed by atoms with Crippen molar-refractivity contribution in [2.75, 3.05) is 0 Å². The van der Waals surface area contributed by atoms with Gasteiger partial charge in [-0.05, 0) is 70.6 Å². The molecule has 1 N–H and O–H groups in total. The van der Waals surface area contributed by atoms with Gasteiger partial charge in [-0.3, -0.25) is 9.59 Å². The summed E-state index contributed by atoms with van der Waals surface area (Å²) >= 11 is 0. The van der Waals surface area contributed by atoms with Gasteiger partial charge in [-0.25, -0.2) is 0 Å². The first-order chi connectivity index (χ1) is 18.6. The first-order valence-electron chi connectivity index (χ1n) is 16.0. The van der Waals surface area contributed by atoms with Crippen LogP contribution < -0.4 is 0 Å². The molecule has 0 saturated carbocycles. The van der Waals surface area contributed by atoms with Crippen molar-refractivity contribution in [3.8, 4) is 0 Å². The Bertz CT molecular complexity index is 620. The van der Waals surface area contributed by atoms with Gasteiger partial charge in [0.1, 0.15) is 6.10 Å². The van der Waals surface area contributed by atoms with Crippen molar-refractivity contribution < 1.29 is 19.4 Å². The summed E-state index contributed by atoms with van der Waals surface area (Å²) in [5.41, 5.74) is 0. The van der Waals surface area contributed by atoms with Gasteiger partial charge >= 0.3 is 11.9 Å². The lowest BCUT2D eigenvalue weighted by molar-refractivity contribution is -0.150. The molecule has 0 radical (unpaired) electrons. The topological polar surface area (TPSA) is 63.6 Å². The van der Waals surface area contributed by atoms with E-state index >= 15 is 0 Å². The lowest BCUT2D eigenvalue weighted by Crippen LogP contribution is -2.18. The standard InChI is InChI=1S/C34H60O4/c1-3-5-7-9-10-11-12-13-14-15-16-17-18-23-27-31-34(37)38-32(28-24-20-8-6-4-2)29-25-21-19-22-26-30-33(35)36/h5,7,10-11,13-14,32H,3-4,6,8-9,12,15-31H2,1-2H3,(H,35,36)/b7-5-,11-10-,14-13-. The third-order valence-corrected chi connectivity index (χ3v) is 6.88. The Labute approximate surface area is 235 Å². The zero-order valence-corrected chi connectivity index (χ0v) is 25.0. The number of carboxylic acids is 1. The van der Waals surface area contributed by atoms with Crippen molar-refractivity contribution in [3.63, 3.8) is 0 Å². The summed E-state index contributed by atoms with van der Waals surface area (Å²) in [6.07, 6.45) is 37.3. The predicted octanol–water partition coefficient (Wildman–Crippen LogP) is 10.7. The summed E-state index contributed by atoms with van der Waals surface area (Å²) in [5, 5.41) is 8.74. The number of carboxylic acid groups (broad SMARTS) is 1. The van der Waals surface area contributed by atoms with Crippen molar-refractivity contribution in [2.45, 2.75) is 168 Å². The quantitative estimate of drug-likeness (QED) is 0.0618. The summed E-state index contributed by atoms with van der Waals surface area (Å²) < 4.78 is 5.90. The summed E-state index contributed by atoms with van der Waals surface area (Å²) in [6, 6.07) is 0. The Morgan fingerprint density at radius 3 is 1.71 bits per heavy atom. The van der Waals surface area contributed by atoms with Gasteiger partial charge in [0.25, 0.3) is 0 Å². The number of unbranched alkanes of at least 4 members (excludes halogenated alkanes) is 13. The molecule has 38 heavy (non-hydrogen) atoms. The van der Waals surface area contributed by atoms with Crippen LogP contribution in [0.4, 0.5) is 0 Å². The maximum absolute atomic E-state index is 12.5. The van der Waals surface area contributed by atoms with E-state index in [2.05, 4.69) is 50.3 Å². The zero-order valence-electron chi connectivity index (χ0n) is 25.0. The molecule has 0 heterocycles. The van der Waals surface area contributed by atoms with Gasteiger partial charge < -0.3 is 9.84 Å². The first kappa shape index (κ1) is 36.2. The van der Waals surface area contributed by atoms with Crippen LogP contribution in [0.1, 0.15) is 162 Å². The van der Waals surface area contributed by atoms with Crippen LogP contribution in [0.25, 0.3) is 0 Å². The van der Waals surface area contributed by atoms with E-state index in [-0.39, 0.29) is 18.5 Å². The largest absolute Gasteiger partial charge is 0.481 e. The normalized spacial score (nSPS) is 12.7. The maximum Gasteiger partial charge on any atom is 0.306 e. The third kappa shape index (κ3) is 28.7. The molecule has 0 aromatic heterocycles. The fraction of sp³-hybridized carbons (Fsp3) is 0.765. The van der Waals surface area contributed by atoms with Crippen LogP contribution in [0.5, 0.6) is 0 Å². The molecule has 0 rings (SSSR count). The van der Waals surface area contributed by atoms with Crippen LogP contribution in [0.3, 0.4) is 0 Å². The van der Waals surface area contributed by atoms with E-state index in [1.807, 2.05) is 0 Å². The van der Waals surface area contributed by atoms with Gasteiger partial charge in [-0.15, -0.1) is 0 Å². The van der Waals surface area contributed by atoms with Crippen LogP contribution in [-0.2, 0) is 14.3 Å². The second-order valence-electron chi connectivity index (χ2n) is 10.6. The van der Waals surface area contributed by atoms with Crippen LogP contribution in [0.15, 0.2) is 36.5 Å². The van der Waals surface area contributed by atoms with Gasteiger partial charge in [0.2, 0.25) is 0 Å². The molecule has 0 aliphatic heterocycles. The van der Waals surface area contributed by atoms with Gasteiger partial charge in [-0.1, -0.05) is 115 Å². The minimum atomic E-state index is -0.706. The van der Waals surface area contributed by atoms with E-state index in [4.69, 9.17) is 9.84 Å². The van der Waals surface area contributed by atoms with E-state index in [1.54, 1.807) is 0 Å². The first-order valence-corrected chi connectivity index (χ1v) is 16.0. The number of rotatable bonds is 28. The molecule has 0 aromatic rings. The van der Waals surface area contributed by atoms with Crippen molar-refractivity contribution in [3.05, 3.63) is 36.5 Å². The molecule has 1 unspecified atom stereocenters. The summed E-state index contributed by atoms with van der Waals surface area (Å²) in [7, 11) is 0. The Morgan fingerprint density at radius 1 is 0.605 bits per heavy atom. The fourth-order valence-corrected chi connectivity index (χ4v) is 4.55. The molecule has 1 atom stereocenters. The molecule has 4 nitrogen and oxygen atoms in total. The monoisotopic (exact) mass is 532 g/mol. The van der Waals surface area contributed by atoms with E-state index in [1.165, 1.54) is 44.9 Å². The smallest absolute Gasteiger partial charge is 0.306 e. The molecule has 0 saturated heterocycles. The highest BCUT2D eigenvalue weighted by Crippen LogP contribution is 2.18. The predicted molar refractivity (Wildman–Crippen MR) is 162 cm³/mol. The van der Waals surface area contributed by atoms with Crippen LogP contribution in [-0.4, -0.2) is 23.1 Å². The fourth-order valence-electron chi connectivity index (χ4n) is 4.55. The number of carbonyl (C=O) groups is 2. The highest BCUT2D eigenvalue weighted by molar-refractivity contribution is 5.69. The second kappa shape index (κ2) is 29.7. The number of esters is 1. The average molecular weight is 533 g/mol. The molecular formula is C34H60O4. The summed E-state index contributed by atoms with van der Waals surface area (Å²) in [6.45, 7) is 4.39. The Hall–Kier alpha value is -1.84. The zero-order chi connectivity index (χ0) is 27.9. The summed E-state index contributed by atoms with van der Waals surface area (Å²) in [4.78, 5) is 23.1. The van der Waals surface area contributed by atoms with Gasteiger partial charge in [-0.2, -0.15) is 0 Å². The number of hydrogen-bond acceptors (Lipinski definition) is 3. The number of allylic oxidation sites excluding steroid dienone is 6. The molecule has 0 amide bonds. The highest BCUT2D eigenvalue weighted by atomic mass is 16.5. The van der Waals surface area contributed by atoms with Crippen LogP contribution in [0, 0.1) is 0 Å². The number of carbonyl (C=O) groups excluding carboxylic acids is 1. The maximum atomic E-state index is 12.5. The average Bonchev–Trinajstić information content (AvgIpc) is 2.89. The van der Waals surface area contributed by atoms with Gasteiger partial charge in [0, 0.05) is 12.8 Å². The SMILES string of the molecule is CC/C=C\C/C=C\C/C=C\CCCCCCCC(=O)OC(CCCCCCC)CCCCCCCC(=O)O. The molecular weight excluding hydrogens is 472 g/mol. The Kier molecular flexibility index (Phi) is 28.3. The van der Waals surface area contributed by atoms with Crippen LogP contribution >= 0.6 is 0 Å². The Morgan fingerprint density at radius 2 is 1.11 bits per heavy atom.